The van der Waals surface area contributed by atoms with Gasteiger partial charge in [-0.05, 0) is 23.9 Å². The predicted octanol–water partition coefficient (Wildman–Crippen LogP) is 1.45. The van der Waals surface area contributed by atoms with Crippen molar-refractivity contribution in [3.05, 3.63) is 21.6 Å². The molecule has 1 unspecified atom stereocenters. The van der Waals surface area contributed by atoms with Crippen LogP contribution in [0.5, 0.6) is 0 Å². The Bertz CT molecular complexity index is 540. The number of carbonyl (C=O) groups is 1. The highest BCUT2D eigenvalue weighted by Crippen LogP contribution is 2.23. The normalized spacial score (nSPS) is 18.1. The minimum atomic E-state index is -0.955. The average molecular weight is 302 g/mol. The van der Waals surface area contributed by atoms with Crippen LogP contribution in [0.2, 0.25) is 5.28 Å². The smallest absolute Gasteiger partial charge is 0.407 e. The van der Waals surface area contributed by atoms with Gasteiger partial charge in [-0.3, -0.25) is 10.1 Å². The molecule has 2 rings (SSSR count). The first-order chi connectivity index (χ1) is 9.47. The lowest BCUT2D eigenvalue weighted by molar-refractivity contribution is -0.384. The summed E-state index contributed by atoms with van der Waals surface area (Å²) in [5.41, 5.74) is -0.262. The van der Waals surface area contributed by atoms with E-state index in [2.05, 4.69) is 15.3 Å². The molecular formula is C10H12ClN5O4. The summed E-state index contributed by atoms with van der Waals surface area (Å²) < 4.78 is 0. The molecule has 0 aromatic carbocycles. The fraction of sp³-hybridized carbons (Fsp3) is 0.500. The Labute approximate surface area is 118 Å². The van der Waals surface area contributed by atoms with Gasteiger partial charge in [0, 0.05) is 19.6 Å². The molecule has 0 radical (unpaired) electrons. The summed E-state index contributed by atoms with van der Waals surface area (Å²) in [6, 6.07) is 0. The number of halogens is 1. The largest absolute Gasteiger partial charge is 0.465 e. The Morgan fingerprint density at radius 2 is 2.45 bits per heavy atom. The molecule has 2 N–H and O–H groups in total. The lowest BCUT2D eigenvalue weighted by Gasteiger charge is -2.13. The van der Waals surface area contributed by atoms with Gasteiger partial charge in [-0.2, -0.15) is 4.98 Å². The number of nitro groups is 1. The van der Waals surface area contributed by atoms with Crippen molar-refractivity contribution in [1.82, 2.24) is 14.9 Å². The number of anilines is 1. The van der Waals surface area contributed by atoms with E-state index in [-0.39, 0.29) is 22.7 Å². The third-order valence-corrected chi connectivity index (χ3v) is 3.23. The number of rotatable bonds is 4. The second-order valence-electron chi connectivity index (χ2n) is 4.39. The summed E-state index contributed by atoms with van der Waals surface area (Å²) in [5, 5.41) is 22.4. The molecule has 1 fully saturated rings. The Balaban J connectivity index is 1.99. The first-order valence-corrected chi connectivity index (χ1v) is 6.24. The third kappa shape index (κ3) is 3.23. The quantitative estimate of drug-likeness (QED) is 0.490. The number of nitrogens with zero attached hydrogens (tertiary/aromatic N) is 4. The van der Waals surface area contributed by atoms with E-state index in [9.17, 15) is 14.9 Å². The van der Waals surface area contributed by atoms with Crippen LogP contribution < -0.4 is 5.32 Å². The zero-order valence-electron chi connectivity index (χ0n) is 10.3. The fourth-order valence-corrected chi connectivity index (χ4v) is 2.16. The highest BCUT2D eigenvalue weighted by Gasteiger charge is 2.26. The van der Waals surface area contributed by atoms with E-state index in [0.717, 1.165) is 6.20 Å². The van der Waals surface area contributed by atoms with Gasteiger partial charge in [0.05, 0.1) is 4.92 Å². The van der Waals surface area contributed by atoms with Gasteiger partial charge in [-0.15, -0.1) is 0 Å². The van der Waals surface area contributed by atoms with Crippen LogP contribution in [0.3, 0.4) is 0 Å². The molecule has 1 aliphatic heterocycles. The van der Waals surface area contributed by atoms with Gasteiger partial charge in [-0.25, -0.2) is 9.78 Å². The van der Waals surface area contributed by atoms with Crippen molar-refractivity contribution in [2.75, 3.05) is 25.0 Å². The molecule has 1 aromatic rings. The second-order valence-corrected chi connectivity index (χ2v) is 4.73. The third-order valence-electron chi connectivity index (χ3n) is 3.05. The van der Waals surface area contributed by atoms with E-state index in [1.165, 1.54) is 4.90 Å². The zero-order chi connectivity index (χ0) is 14.7. The summed E-state index contributed by atoms with van der Waals surface area (Å²) in [4.78, 5) is 29.7. The molecular weight excluding hydrogens is 290 g/mol. The van der Waals surface area contributed by atoms with Gasteiger partial charge in [0.15, 0.2) is 0 Å². The molecule has 1 aromatic heterocycles. The van der Waals surface area contributed by atoms with Crippen molar-refractivity contribution in [3.8, 4) is 0 Å². The molecule has 9 nitrogen and oxygen atoms in total. The SMILES string of the molecule is O=C(O)N1CCC(CNc2nc(Cl)ncc2[N+](=O)[O-])C1. The number of hydrogen-bond donors (Lipinski definition) is 2. The van der Waals surface area contributed by atoms with E-state index in [1.807, 2.05) is 0 Å². The summed E-state index contributed by atoms with van der Waals surface area (Å²) in [6.45, 7) is 1.25. The predicted molar refractivity (Wildman–Crippen MR) is 69.9 cm³/mol. The topological polar surface area (TPSA) is 121 Å². The van der Waals surface area contributed by atoms with E-state index in [1.54, 1.807) is 0 Å². The molecule has 2 heterocycles. The fourth-order valence-electron chi connectivity index (χ4n) is 2.03. The number of likely N-dealkylation sites (tertiary alicyclic amines) is 1. The van der Waals surface area contributed by atoms with Crippen molar-refractivity contribution in [1.29, 1.82) is 0 Å². The van der Waals surface area contributed by atoms with E-state index >= 15 is 0 Å². The molecule has 0 spiro atoms. The van der Waals surface area contributed by atoms with Gasteiger partial charge in [0.25, 0.3) is 0 Å². The van der Waals surface area contributed by atoms with Gasteiger partial charge < -0.3 is 15.3 Å². The van der Waals surface area contributed by atoms with Gasteiger partial charge in [0.2, 0.25) is 11.1 Å². The number of nitrogens with one attached hydrogen (secondary N) is 1. The van der Waals surface area contributed by atoms with Crippen molar-refractivity contribution < 1.29 is 14.8 Å². The monoisotopic (exact) mass is 301 g/mol. The van der Waals surface area contributed by atoms with Crippen molar-refractivity contribution in [2.45, 2.75) is 6.42 Å². The second kappa shape index (κ2) is 5.87. The molecule has 0 aliphatic carbocycles. The van der Waals surface area contributed by atoms with Crippen LogP contribution in [0, 0.1) is 16.0 Å². The van der Waals surface area contributed by atoms with Crippen molar-refractivity contribution >= 4 is 29.2 Å². The van der Waals surface area contributed by atoms with Gasteiger partial charge in [-0.1, -0.05) is 0 Å². The first kappa shape index (κ1) is 14.3. The Kier molecular flexibility index (Phi) is 4.18. The number of amides is 1. The van der Waals surface area contributed by atoms with E-state index < -0.39 is 11.0 Å². The molecule has 10 heteroatoms. The number of hydrogen-bond acceptors (Lipinski definition) is 6. The maximum absolute atomic E-state index is 10.8. The Morgan fingerprint density at radius 1 is 1.70 bits per heavy atom. The van der Waals surface area contributed by atoms with Crippen LogP contribution in [0.4, 0.5) is 16.3 Å². The molecule has 0 saturated carbocycles. The van der Waals surface area contributed by atoms with Crippen molar-refractivity contribution in [2.24, 2.45) is 5.92 Å². The van der Waals surface area contributed by atoms with Crippen LogP contribution >= 0.6 is 11.6 Å². The molecule has 1 amide bonds. The van der Waals surface area contributed by atoms with Crippen molar-refractivity contribution in [3.63, 3.8) is 0 Å². The number of carboxylic acid groups (broad SMARTS) is 1. The minimum absolute atomic E-state index is 0.0452. The highest BCUT2D eigenvalue weighted by molar-refractivity contribution is 6.28. The minimum Gasteiger partial charge on any atom is -0.465 e. The first-order valence-electron chi connectivity index (χ1n) is 5.86. The summed E-state index contributed by atoms with van der Waals surface area (Å²) in [7, 11) is 0. The average Bonchev–Trinajstić information content (AvgIpc) is 2.85. The van der Waals surface area contributed by atoms with E-state index in [0.29, 0.717) is 26.1 Å². The lowest BCUT2D eigenvalue weighted by atomic mass is 10.1. The lowest BCUT2D eigenvalue weighted by Crippen LogP contribution is -2.28. The Hall–Kier alpha value is -2.16. The molecule has 1 atom stereocenters. The van der Waals surface area contributed by atoms with E-state index in [4.69, 9.17) is 16.7 Å². The highest BCUT2D eigenvalue weighted by atomic mass is 35.5. The zero-order valence-corrected chi connectivity index (χ0v) is 11.1. The number of aromatic nitrogens is 2. The maximum Gasteiger partial charge on any atom is 0.407 e. The summed E-state index contributed by atoms with van der Waals surface area (Å²) >= 11 is 5.61. The molecule has 108 valence electrons. The Morgan fingerprint density at radius 3 is 3.05 bits per heavy atom. The van der Waals surface area contributed by atoms with Crippen LogP contribution in [0.15, 0.2) is 6.20 Å². The molecule has 0 bridgehead atoms. The van der Waals surface area contributed by atoms with Crippen LogP contribution in [0.25, 0.3) is 0 Å². The molecule has 1 saturated heterocycles. The van der Waals surface area contributed by atoms with Gasteiger partial charge >= 0.3 is 11.8 Å². The maximum atomic E-state index is 10.8. The molecule has 20 heavy (non-hydrogen) atoms. The summed E-state index contributed by atoms with van der Waals surface area (Å²) in [5.74, 6) is 0.128. The van der Waals surface area contributed by atoms with Crippen LogP contribution in [-0.2, 0) is 0 Å². The summed E-state index contributed by atoms with van der Waals surface area (Å²) in [6.07, 6.45) is 0.783. The van der Waals surface area contributed by atoms with Crippen LogP contribution in [-0.4, -0.2) is 50.6 Å². The van der Waals surface area contributed by atoms with Crippen LogP contribution in [0.1, 0.15) is 6.42 Å². The van der Waals surface area contributed by atoms with Gasteiger partial charge in [0.1, 0.15) is 6.20 Å². The standard InChI is InChI=1S/C10H12ClN5O4/c11-9-13-4-7(16(19)20)8(14-9)12-3-6-1-2-15(5-6)10(17)18/h4,6H,1-3,5H2,(H,17,18)(H,12,13,14). The molecule has 1 aliphatic rings.